The number of aliphatic carboxylic acids is 1. The maximum atomic E-state index is 11.4. The van der Waals surface area contributed by atoms with Crippen LogP contribution in [0.4, 0.5) is 4.79 Å². The molecule has 0 saturated carbocycles. The fourth-order valence-corrected chi connectivity index (χ4v) is 2.28. The molecular weight excluding hydrogens is 292 g/mol. The molecule has 1 aromatic rings. The normalized spacial score (nSPS) is 13.2. The number of carboxylic acids is 1. The monoisotopic (exact) mass is 312 g/mol. The van der Waals surface area contributed by atoms with E-state index in [0.717, 1.165) is 5.56 Å². The number of carbonyl (C=O) groups is 2. The van der Waals surface area contributed by atoms with Crippen molar-refractivity contribution in [2.45, 2.75) is 19.1 Å². The van der Waals surface area contributed by atoms with Gasteiger partial charge in [-0.1, -0.05) is 30.3 Å². The number of carboxylic acid groups (broad SMARTS) is 1. The van der Waals surface area contributed by atoms with Gasteiger partial charge in [0.05, 0.1) is 0 Å². The molecule has 1 amide bonds. The zero-order valence-corrected chi connectivity index (χ0v) is 12.7. The van der Waals surface area contributed by atoms with Gasteiger partial charge in [0.15, 0.2) is 0 Å². The van der Waals surface area contributed by atoms with Gasteiger partial charge in [-0.3, -0.25) is 4.79 Å². The second-order valence-electron chi connectivity index (χ2n) is 4.76. The smallest absolute Gasteiger partial charge is 0.407 e. The Morgan fingerprint density at radius 2 is 2.05 bits per heavy atom. The highest BCUT2D eigenvalue weighted by molar-refractivity contribution is 7.99. The fraction of sp³-hybridized carbons (Fsp3) is 0.429. The molecule has 0 aliphatic heterocycles. The summed E-state index contributed by atoms with van der Waals surface area (Å²) < 4.78 is 5.04. The van der Waals surface area contributed by atoms with Gasteiger partial charge in [0.2, 0.25) is 0 Å². The third-order valence-corrected chi connectivity index (χ3v) is 3.92. The van der Waals surface area contributed by atoms with Crippen LogP contribution in [0.25, 0.3) is 0 Å². The van der Waals surface area contributed by atoms with Crippen LogP contribution < -0.4 is 11.1 Å². The largest absolute Gasteiger partial charge is 0.480 e. The molecule has 116 valence electrons. The molecule has 1 atom stereocenters. The van der Waals surface area contributed by atoms with Crippen LogP contribution in [0.5, 0.6) is 0 Å². The van der Waals surface area contributed by atoms with Crippen LogP contribution in [0.2, 0.25) is 0 Å². The van der Waals surface area contributed by atoms with Crippen molar-refractivity contribution in [3.8, 4) is 0 Å². The Bertz CT molecular complexity index is 465. The van der Waals surface area contributed by atoms with E-state index in [2.05, 4.69) is 5.32 Å². The predicted molar refractivity (Wildman–Crippen MR) is 82.2 cm³/mol. The molecule has 1 aromatic carbocycles. The van der Waals surface area contributed by atoms with E-state index in [1.807, 2.05) is 30.3 Å². The quantitative estimate of drug-likeness (QED) is 0.628. The van der Waals surface area contributed by atoms with Gasteiger partial charge in [-0.05, 0) is 12.5 Å². The van der Waals surface area contributed by atoms with Crippen molar-refractivity contribution < 1.29 is 19.4 Å². The van der Waals surface area contributed by atoms with E-state index < -0.39 is 17.6 Å². The summed E-state index contributed by atoms with van der Waals surface area (Å²) in [6, 6.07) is 9.39. The molecule has 0 spiro atoms. The van der Waals surface area contributed by atoms with Crippen LogP contribution in [0, 0.1) is 0 Å². The average molecular weight is 312 g/mol. The van der Waals surface area contributed by atoms with Crippen LogP contribution in [0.3, 0.4) is 0 Å². The van der Waals surface area contributed by atoms with Gasteiger partial charge in [0.25, 0.3) is 0 Å². The third kappa shape index (κ3) is 7.01. The van der Waals surface area contributed by atoms with Crippen molar-refractivity contribution in [1.29, 1.82) is 0 Å². The summed E-state index contributed by atoms with van der Waals surface area (Å²) in [6.07, 6.45) is -0.492. The number of thioether (sulfide) groups is 1. The molecule has 0 fully saturated rings. The highest BCUT2D eigenvalue weighted by Crippen LogP contribution is 2.10. The van der Waals surface area contributed by atoms with Crippen molar-refractivity contribution in [1.82, 2.24) is 5.32 Å². The van der Waals surface area contributed by atoms with E-state index in [1.165, 1.54) is 18.7 Å². The maximum absolute atomic E-state index is 11.4. The number of hydrogen-bond donors (Lipinski definition) is 3. The SMILES string of the molecule is C[C@](N)(CSCCNC(=O)OCc1ccccc1)C(=O)O. The number of carbonyl (C=O) groups excluding carboxylic acids is 1. The average Bonchev–Trinajstić information content (AvgIpc) is 2.45. The van der Waals surface area contributed by atoms with Crippen LogP contribution in [-0.2, 0) is 16.1 Å². The van der Waals surface area contributed by atoms with Gasteiger partial charge < -0.3 is 20.9 Å². The van der Waals surface area contributed by atoms with Gasteiger partial charge in [-0.15, -0.1) is 0 Å². The lowest BCUT2D eigenvalue weighted by atomic mass is 10.1. The van der Waals surface area contributed by atoms with Crippen molar-refractivity contribution in [2.75, 3.05) is 18.1 Å². The van der Waals surface area contributed by atoms with E-state index in [0.29, 0.717) is 12.3 Å². The molecule has 0 radical (unpaired) electrons. The van der Waals surface area contributed by atoms with Crippen molar-refractivity contribution in [3.05, 3.63) is 35.9 Å². The molecule has 0 aliphatic carbocycles. The third-order valence-electron chi connectivity index (χ3n) is 2.62. The number of nitrogens with two attached hydrogens (primary N) is 1. The summed E-state index contributed by atoms with van der Waals surface area (Å²) in [5.41, 5.74) is 5.25. The Morgan fingerprint density at radius 3 is 2.67 bits per heavy atom. The Labute approximate surface area is 128 Å². The van der Waals surface area contributed by atoms with Gasteiger partial charge >= 0.3 is 12.1 Å². The van der Waals surface area contributed by atoms with Crippen LogP contribution in [0.15, 0.2) is 30.3 Å². The van der Waals surface area contributed by atoms with Gasteiger partial charge in [0, 0.05) is 18.1 Å². The summed E-state index contributed by atoms with van der Waals surface area (Å²) >= 11 is 1.37. The van der Waals surface area contributed by atoms with E-state index >= 15 is 0 Å². The van der Waals surface area contributed by atoms with Crippen LogP contribution in [0.1, 0.15) is 12.5 Å². The molecule has 0 unspecified atom stereocenters. The van der Waals surface area contributed by atoms with Gasteiger partial charge in [-0.25, -0.2) is 4.79 Å². The predicted octanol–water partition coefficient (Wildman–Crippen LogP) is 1.45. The Hall–Kier alpha value is -1.73. The first-order valence-electron chi connectivity index (χ1n) is 6.46. The van der Waals surface area contributed by atoms with Crippen molar-refractivity contribution in [2.24, 2.45) is 5.73 Å². The fourth-order valence-electron chi connectivity index (χ4n) is 1.35. The zero-order valence-electron chi connectivity index (χ0n) is 11.9. The molecule has 21 heavy (non-hydrogen) atoms. The van der Waals surface area contributed by atoms with E-state index in [1.54, 1.807) is 0 Å². The molecule has 6 nitrogen and oxygen atoms in total. The van der Waals surface area contributed by atoms with Gasteiger partial charge in [-0.2, -0.15) is 11.8 Å². The number of alkyl carbamates (subject to hydrolysis) is 1. The zero-order chi connectivity index (χ0) is 15.7. The minimum atomic E-state index is -1.25. The summed E-state index contributed by atoms with van der Waals surface area (Å²) in [5.74, 6) is -0.186. The standard InChI is InChI=1S/C14H20N2O4S/c1-14(15,12(17)18)10-21-8-7-16-13(19)20-9-11-5-3-2-4-6-11/h2-6H,7-10,15H2,1H3,(H,16,19)(H,17,18)/t14-/m0/s1. The summed E-state index contributed by atoms with van der Waals surface area (Å²) in [6.45, 7) is 2.08. The van der Waals surface area contributed by atoms with Crippen LogP contribution >= 0.6 is 11.8 Å². The number of ether oxygens (including phenoxy) is 1. The molecule has 0 bridgehead atoms. The number of amides is 1. The topological polar surface area (TPSA) is 102 Å². The number of rotatable bonds is 8. The molecule has 7 heteroatoms. The molecule has 0 aromatic heterocycles. The molecule has 1 rings (SSSR count). The van der Waals surface area contributed by atoms with E-state index in [-0.39, 0.29) is 12.4 Å². The van der Waals surface area contributed by atoms with E-state index in [9.17, 15) is 9.59 Å². The number of benzene rings is 1. The first-order chi connectivity index (χ1) is 9.92. The maximum Gasteiger partial charge on any atom is 0.407 e. The van der Waals surface area contributed by atoms with Gasteiger partial charge in [0.1, 0.15) is 12.1 Å². The van der Waals surface area contributed by atoms with E-state index in [4.69, 9.17) is 15.6 Å². The highest BCUT2D eigenvalue weighted by Gasteiger charge is 2.27. The Morgan fingerprint density at radius 1 is 1.38 bits per heavy atom. The number of nitrogens with one attached hydrogen (secondary N) is 1. The molecule has 4 N–H and O–H groups in total. The Balaban J connectivity index is 2.10. The second kappa shape index (κ2) is 8.53. The molecule has 0 heterocycles. The number of hydrogen-bond acceptors (Lipinski definition) is 5. The van der Waals surface area contributed by atoms with Crippen molar-refractivity contribution >= 4 is 23.8 Å². The molecule has 0 saturated heterocycles. The van der Waals surface area contributed by atoms with Crippen LogP contribution in [-0.4, -0.2) is 40.8 Å². The molecular formula is C14H20N2O4S. The first-order valence-corrected chi connectivity index (χ1v) is 7.62. The first kappa shape index (κ1) is 17.3. The minimum absolute atomic E-state index is 0.222. The van der Waals surface area contributed by atoms with Crippen molar-refractivity contribution in [3.63, 3.8) is 0 Å². The second-order valence-corrected chi connectivity index (χ2v) is 5.87. The minimum Gasteiger partial charge on any atom is -0.480 e. The molecule has 0 aliphatic rings. The lowest BCUT2D eigenvalue weighted by molar-refractivity contribution is -0.141. The lowest BCUT2D eigenvalue weighted by Gasteiger charge is -2.18. The summed E-state index contributed by atoms with van der Waals surface area (Å²) in [4.78, 5) is 22.2. The summed E-state index contributed by atoms with van der Waals surface area (Å²) in [7, 11) is 0. The highest BCUT2D eigenvalue weighted by atomic mass is 32.2. The Kier molecular flexibility index (Phi) is 7.04. The summed E-state index contributed by atoms with van der Waals surface area (Å²) in [5, 5.41) is 11.4. The lowest BCUT2D eigenvalue weighted by Crippen LogP contribution is -2.47.